The van der Waals surface area contributed by atoms with Gasteiger partial charge in [-0.15, -0.1) is 0 Å². The number of carbonyl (C=O) groups excluding carboxylic acids is 1. The molecule has 0 spiro atoms. The zero-order valence-electron chi connectivity index (χ0n) is 15.0. The van der Waals surface area contributed by atoms with Gasteiger partial charge in [0, 0.05) is 29.4 Å². The molecule has 136 valence electrons. The highest BCUT2D eigenvalue weighted by atomic mass is 16.5. The van der Waals surface area contributed by atoms with Gasteiger partial charge >= 0.3 is 5.97 Å². The molecule has 1 aliphatic rings. The van der Waals surface area contributed by atoms with Crippen LogP contribution in [-0.4, -0.2) is 35.0 Å². The first-order chi connectivity index (χ1) is 12.3. The third-order valence-electron chi connectivity index (χ3n) is 4.70. The molecule has 6 heteroatoms. The van der Waals surface area contributed by atoms with E-state index in [1.165, 1.54) is 4.90 Å². The molecule has 26 heavy (non-hydrogen) atoms. The van der Waals surface area contributed by atoms with Gasteiger partial charge in [0.2, 0.25) is 0 Å². The maximum atomic E-state index is 12.9. The van der Waals surface area contributed by atoms with Crippen molar-refractivity contribution in [2.24, 2.45) is 5.92 Å². The Morgan fingerprint density at radius 3 is 2.54 bits per heavy atom. The van der Waals surface area contributed by atoms with Gasteiger partial charge in [-0.05, 0) is 35.2 Å². The van der Waals surface area contributed by atoms with Gasteiger partial charge in [-0.25, -0.2) is 4.79 Å². The summed E-state index contributed by atoms with van der Waals surface area (Å²) in [6.07, 6.45) is 0. The van der Waals surface area contributed by atoms with E-state index in [4.69, 9.17) is 10.5 Å². The molecule has 0 bridgehead atoms. The van der Waals surface area contributed by atoms with Crippen LogP contribution in [0.2, 0.25) is 0 Å². The number of carboxylic acids is 1. The highest BCUT2D eigenvalue weighted by Gasteiger charge is 2.38. The maximum absolute atomic E-state index is 12.9. The summed E-state index contributed by atoms with van der Waals surface area (Å²) >= 11 is 0. The smallest absolute Gasteiger partial charge is 0.326 e. The monoisotopic (exact) mass is 354 g/mol. The van der Waals surface area contributed by atoms with Crippen molar-refractivity contribution in [3.63, 3.8) is 0 Å². The van der Waals surface area contributed by atoms with Crippen LogP contribution in [0.3, 0.4) is 0 Å². The second-order valence-corrected chi connectivity index (χ2v) is 6.79. The van der Waals surface area contributed by atoms with E-state index in [0.29, 0.717) is 23.5 Å². The lowest BCUT2D eigenvalue weighted by molar-refractivity contribution is -0.144. The molecule has 3 rings (SSSR count). The van der Waals surface area contributed by atoms with Gasteiger partial charge < -0.3 is 20.5 Å². The van der Waals surface area contributed by atoms with Crippen LogP contribution in [0, 0.1) is 5.92 Å². The van der Waals surface area contributed by atoms with Crippen LogP contribution >= 0.6 is 0 Å². The number of anilines is 1. The second kappa shape index (κ2) is 6.71. The normalized spacial score (nSPS) is 14.5. The quantitative estimate of drug-likeness (QED) is 0.805. The first kappa shape index (κ1) is 17.8. The van der Waals surface area contributed by atoms with Gasteiger partial charge in [0.25, 0.3) is 5.91 Å². The predicted molar refractivity (Wildman–Crippen MR) is 99.0 cm³/mol. The molecule has 0 aliphatic carbocycles. The number of carboxylic acid groups (broad SMARTS) is 1. The minimum Gasteiger partial charge on any atom is -0.496 e. The van der Waals surface area contributed by atoms with E-state index in [0.717, 1.165) is 16.7 Å². The number of hydrogen-bond acceptors (Lipinski definition) is 4. The van der Waals surface area contributed by atoms with Crippen LogP contribution < -0.4 is 10.5 Å². The van der Waals surface area contributed by atoms with Crippen molar-refractivity contribution in [1.82, 2.24) is 4.90 Å². The van der Waals surface area contributed by atoms with Crippen LogP contribution in [0.4, 0.5) is 5.69 Å². The van der Waals surface area contributed by atoms with E-state index in [1.54, 1.807) is 39.2 Å². The average Bonchev–Trinajstić information content (AvgIpc) is 2.90. The van der Waals surface area contributed by atoms with Crippen LogP contribution in [0.5, 0.6) is 5.75 Å². The van der Waals surface area contributed by atoms with Crippen molar-refractivity contribution in [3.8, 4) is 16.9 Å². The fraction of sp³-hybridized carbons (Fsp3) is 0.300. The number of fused-ring (bicyclic) bond motifs is 1. The number of rotatable bonds is 5. The van der Waals surface area contributed by atoms with Gasteiger partial charge in [0.1, 0.15) is 11.8 Å². The number of amides is 1. The Labute approximate surface area is 152 Å². The van der Waals surface area contributed by atoms with Gasteiger partial charge in [0.15, 0.2) is 0 Å². The third-order valence-corrected chi connectivity index (χ3v) is 4.70. The lowest BCUT2D eigenvalue weighted by atomic mass is 9.99. The number of aliphatic carboxylic acids is 1. The summed E-state index contributed by atoms with van der Waals surface area (Å²) in [4.78, 5) is 25.9. The lowest BCUT2D eigenvalue weighted by Crippen LogP contribution is -2.44. The van der Waals surface area contributed by atoms with Crippen molar-refractivity contribution < 1.29 is 19.4 Å². The standard InChI is InChI=1S/C20H22N2O4/c1-11(2)18(20(24)25)22-10-13-5-4-12(8-16(13)19(22)23)15-7-6-14(21)9-17(15)26-3/h4-9,11,18H,10,21H2,1-3H3,(H,24,25). The third kappa shape index (κ3) is 2.98. The molecular formula is C20H22N2O4. The number of nitrogen functional groups attached to an aromatic ring is 1. The minimum atomic E-state index is -0.985. The zero-order chi connectivity index (χ0) is 19.0. The maximum Gasteiger partial charge on any atom is 0.326 e. The number of carbonyl (C=O) groups is 2. The molecule has 0 aromatic heterocycles. The minimum absolute atomic E-state index is 0.178. The lowest BCUT2D eigenvalue weighted by Gasteiger charge is -2.27. The largest absolute Gasteiger partial charge is 0.496 e. The topological polar surface area (TPSA) is 92.9 Å². The number of hydrogen-bond donors (Lipinski definition) is 2. The van der Waals surface area contributed by atoms with Gasteiger partial charge in [0.05, 0.1) is 7.11 Å². The summed E-state index contributed by atoms with van der Waals surface area (Å²) in [6.45, 7) is 3.92. The summed E-state index contributed by atoms with van der Waals surface area (Å²) in [6, 6.07) is 10.1. The molecule has 0 saturated carbocycles. The number of ether oxygens (including phenoxy) is 1. The molecule has 3 N–H and O–H groups in total. The van der Waals surface area contributed by atoms with Gasteiger partial charge in [-0.2, -0.15) is 0 Å². The second-order valence-electron chi connectivity index (χ2n) is 6.79. The van der Waals surface area contributed by atoms with E-state index in [9.17, 15) is 14.7 Å². The Kier molecular flexibility index (Phi) is 4.59. The highest BCUT2D eigenvalue weighted by Crippen LogP contribution is 2.35. The van der Waals surface area contributed by atoms with Crippen molar-refractivity contribution in [3.05, 3.63) is 47.5 Å². The Morgan fingerprint density at radius 1 is 1.19 bits per heavy atom. The Bertz CT molecular complexity index is 876. The van der Waals surface area contributed by atoms with Crippen LogP contribution in [0.15, 0.2) is 36.4 Å². The Hall–Kier alpha value is -3.02. The molecule has 1 heterocycles. The fourth-order valence-electron chi connectivity index (χ4n) is 3.44. The Morgan fingerprint density at radius 2 is 1.92 bits per heavy atom. The van der Waals surface area contributed by atoms with Crippen molar-refractivity contribution in [2.75, 3.05) is 12.8 Å². The van der Waals surface area contributed by atoms with Crippen LogP contribution in [0.25, 0.3) is 11.1 Å². The van der Waals surface area contributed by atoms with E-state index < -0.39 is 12.0 Å². The van der Waals surface area contributed by atoms with Gasteiger partial charge in [-0.3, -0.25) is 4.79 Å². The van der Waals surface area contributed by atoms with Crippen LogP contribution in [-0.2, 0) is 11.3 Å². The predicted octanol–water partition coefficient (Wildman–Crippen LogP) is 3.01. The van der Waals surface area contributed by atoms with E-state index >= 15 is 0 Å². The molecule has 2 aromatic rings. The van der Waals surface area contributed by atoms with Crippen LogP contribution in [0.1, 0.15) is 29.8 Å². The zero-order valence-corrected chi connectivity index (χ0v) is 15.0. The molecule has 6 nitrogen and oxygen atoms in total. The molecule has 1 amide bonds. The number of nitrogens with zero attached hydrogens (tertiary/aromatic N) is 1. The molecule has 1 unspecified atom stereocenters. The molecule has 1 atom stereocenters. The molecule has 1 aliphatic heterocycles. The molecular weight excluding hydrogens is 332 g/mol. The first-order valence-corrected chi connectivity index (χ1v) is 8.44. The summed E-state index contributed by atoms with van der Waals surface area (Å²) in [7, 11) is 1.57. The Balaban J connectivity index is 2.00. The SMILES string of the molecule is COc1cc(N)ccc1-c1ccc2c(c1)C(=O)N(C(C(=O)O)C(C)C)C2. The van der Waals surface area contributed by atoms with E-state index in [1.807, 2.05) is 18.2 Å². The number of methoxy groups -OCH3 is 1. The molecule has 0 saturated heterocycles. The summed E-state index contributed by atoms with van der Waals surface area (Å²) in [5.41, 5.74) is 9.42. The fourth-order valence-corrected chi connectivity index (χ4v) is 3.44. The van der Waals surface area contributed by atoms with Crippen molar-refractivity contribution in [2.45, 2.75) is 26.4 Å². The van der Waals surface area contributed by atoms with E-state index in [2.05, 4.69) is 0 Å². The number of benzene rings is 2. The summed E-state index contributed by atoms with van der Waals surface area (Å²) < 4.78 is 5.40. The van der Waals surface area contributed by atoms with Crippen molar-refractivity contribution >= 4 is 17.6 Å². The average molecular weight is 354 g/mol. The molecule has 0 radical (unpaired) electrons. The first-order valence-electron chi connectivity index (χ1n) is 8.44. The summed E-state index contributed by atoms with van der Waals surface area (Å²) in [5.74, 6) is -0.792. The molecule has 2 aromatic carbocycles. The molecule has 0 fully saturated rings. The number of nitrogens with two attached hydrogens (primary N) is 1. The summed E-state index contributed by atoms with van der Waals surface area (Å²) in [5, 5.41) is 9.51. The van der Waals surface area contributed by atoms with Gasteiger partial charge in [-0.1, -0.05) is 26.0 Å². The van der Waals surface area contributed by atoms with E-state index in [-0.39, 0.29) is 11.8 Å². The van der Waals surface area contributed by atoms with Crippen molar-refractivity contribution in [1.29, 1.82) is 0 Å². The highest BCUT2D eigenvalue weighted by molar-refractivity contribution is 6.01.